The van der Waals surface area contributed by atoms with E-state index in [-0.39, 0.29) is 11.9 Å². The fraction of sp³-hybridized carbons (Fsp3) is 0.611. The van der Waals surface area contributed by atoms with Crippen molar-refractivity contribution in [3.8, 4) is 0 Å². The van der Waals surface area contributed by atoms with Gasteiger partial charge >= 0.3 is 0 Å². The van der Waals surface area contributed by atoms with Crippen molar-refractivity contribution in [2.75, 3.05) is 19.8 Å². The number of hydrogen-bond acceptors (Lipinski definition) is 3. The molecule has 2 rings (SSSR count). The highest BCUT2D eigenvalue weighted by molar-refractivity contribution is 5.73. The van der Waals surface area contributed by atoms with Crippen molar-refractivity contribution < 1.29 is 14.6 Å². The van der Waals surface area contributed by atoms with Crippen LogP contribution < -0.4 is 0 Å². The molecule has 1 aromatic carbocycles. The summed E-state index contributed by atoms with van der Waals surface area (Å²) in [6, 6.07) is 10.2. The molecule has 0 radical (unpaired) electrons. The summed E-state index contributed by atoms with van der Waals surface area (Å²) in [4.78, 5) is 13.4. The van der Waals surface area contributed by atoms with Crippen LogP contribution in [0.25, 0.3) is 0 Å². The number of likely N-dealkylation sites (tertiary alicyclic amines) is 1. The van der Waals surface area contributed by atoms with Gasteiger partial charge in [-0.1, -0.05) is 30.3 Å². The third-order valence-electron chi connectivity index (χ3n) is 4.28. The van der Waals surface area contributed by atoms with Gasteiger partial charge in [-0.25, -0.2) is 0 Å². The Balaban J connectivity index is 1.66. The number of benzene rings is 1. The van der Waals surface area contributed by atoms with Crippen molar-refractivity contribution in [2.24, 2.45) is 0 Å². The van der Waals surface area contributed by atoms with Gasteiger partial charge in [0.25, 0.3) is 0 Å². The minimum atomic E-state index is -0.582. The van der Waals surface area contributed by atoms with Crippen molar-refractivity contribution in [1.82, 2.24) is 4.90 Å². The molecule has 122 valence electrons. The second-order valence-electron chi connectivity index (χ2n) is 6.01. The number of aliphatic hydroxyl groups excluding tert-OH is 1. The lowest BCUT2D eigenvalue weighted by Crippen LogP contribution is -2.50. The van der Waals surface area contributed by atoms with Crippen molar-refractivity contribution in [2.45, 2.75) is 51.2 Å². The van der Waals surface area contributed by atoms with Crippen molar-refractivity contribution in [1.29, 1.82) is 0 Å². The third-order valence-corrected chi connectivity index (χ3v) is 4.28. The topological polar surface area (TPSA) is 49.8 Å². The average Bonchev–Trinajstić information content (AvgIpc) is 2.55. The number of amides is 1. The molecule has 1 N–H and O–H groups in total. The summed E-state index contributed by atoms with van der Waals surface area (Å²) < 4.78 is 5.61. The lowest BCUT2D eigenvalue weighted by molar-refractivity contribution is -0.137. The fourth-order valence-electron chi connectivity index (χ4n) is 3.09. The predicted octanol–water partition coefficient (Wildman–Crippen LogP) is 2.40. The van der Waals surface area contributed by atoms with Gasteiger partial charge in [-0.3, -0.25) is 4.79 Å². The minimum absolute atomic E-state index is 0.0489. The Morgan fingerprint density at radius 3 is 2.86 bits per heavy atom. The first-order valence-electron chi connectivity index (χ1n) is 8.25. The molecular formula is C18H27NO3. The van der Waals surface area contributed by atoms with Crippen molar-refractivity contribution >= 4 is 5.91 Å². The first-order chi connectivity index (χ1) is 10.7. The molecule has 4 heteroatoms. The number of piperidine rings is 1. The number of carbonyl (C=O) groups is 1. The van der Waals surface area contributed by atoms with E-state index in [0.29, 0.717) is 13.2 Å². The molecule has 0 aromatic heterocycles. The lowest BCUT2D eigenvalue weighted by Gasteiger charge is -2.37. The maximum Gasteiger partial charge on any atom is 0.219 e. The second kappa shape index (κ2) is 8.91. The first-order valence-corrected chi connectivity index (χ1v) is 8.25. The van der Waals surface area contributed by atoms with Crippen molar-refractivity contribution in [3.63, 3.8) is 0 Å². The van der Waals surface area contributed by atoms with Crippen molar-refractivity contribution in [3.05, 3.63) is 35.9 Å². The number of hydrogen-bond donors (Lipinski definition) is 1. The van der Waals surface area contributed by atoms with E-state index in [1.54, 1.807) is 11.8 Å². The normalized spacial score (nSPS) is 19.9. The number of rotatable bonds is 7. The maximum absolute atomic E-state index is 11.6. The van der Waals surface area contributed by atoms with Gasteiger partial charge in [0.15, 0.2) is 0 Å². The number of aliphatic hydroxyl groups is 1. The van der Waals surface area contributed by atoms with Crippen LogP contribution in [0, 0.1) is 0 Å². The summed E-state index contributed by atoms with van der Waals surface area (Å²) in [5.74, 6) is 0.0489. The zero-order valence-corrected chi connectivity index (χ0v) is 13.4. The Kier molecular flexibility index (Phi) is 6.87. The molecule has 1 amide bonds. The highest BCUT2D eigenvalue weighted by Crippen LogP contribution is 2.20. The molecule has 2 unspecified atom stereocenters. The SMILES string of the molecule is CC(=O)N1CCCCC1C(O)COCCCc1ccccc1. The molecule has 0 aliphatic carbocycles. The molecule has 22 heavy (non-hydrogen) atoms. The van der Waals surface area contributed by atoms with Gasteiger partial charge < -0.3 is 14.7 Å². The Bertz CT molecular complexity index is 449. The van der Waals surface area contributed by atoms with Crippen LogP contribution in [0.1, 0.15) is 38.2 Å². The quantitative estimate of drug-likeness (QED) is 0.787. The highest BCUT2D eigenvalue weighted by atomic mass is 16.5. The number of nitrogens with zero attached hydrogens (tertiary/aromatic N) is 1. The lowest BCUT2D eigenvalue weighted by atomic mass is 9.97. The molecule has 0 saturated carbocycles. The highest BCUT2D eigenvalue weighted by Gasteiger charge is 2.30. The van der Waals surface area contributed by atoms with Crippen LogP contribution in [-0.2, 0) is 16.0 Å². The van der Waals surface area contributed by atoms with Crippen LogP contribution in [0.15, 0.2) is 30.3 Å². The van der Waals surface area contributed by atoms with Gasteiger partial charge in [0.2, 0.25) is 5.91 Å². The van der Waals surface area contributed by atoms with Crippen LogP contribution >= 0.6 is 0 Å². The molecule has 0 bridgehead atoms. The molecule has 1 fully saturated rings. The van der Waals surface area contributed by atoms with Gasteiger partial charge in [-0.15, -0.1) is 0 Å². The Morgan fingerprint density at radius 1 is 1.36 bits per heavy atom. The molecule has 1 saturated heterocycles. The summed E-state index contributed by atoms with van der Waals surface area (Å²) >= 11 is 0. The molecule has 4 nitrogen and oxygen atoms in total. The molecule has 1 aliphatic rings. The zero-order valence-electron chi connectivity index (χ0n) is 13.4. The number of carbonyl (C=O) groups excluding carboxylic acids is 1. The smallest absolute Gasteiger partial charge is 0.219 e. The van der Waals surface area contributed by atoms with E-state index in [1.807, 2.05) is 18.2 Å². The zero-order chi connectivity index (χ0) is 15.8. The van der Waals surface area contributed by atoms with Crippen LogP contribution in [0.3, 0.4) is 0 Å². The molecule has 0 spiro atoms. The van der Waals surface area contributed by atoms with Gasteiger partial charge in [-0.05, 0) is 37.7 Å². The third kappa shape index (κ3) is 5.11. The fourth-order valence-corrected chi connectivity index (χ4v) is 3.09. The summed E-state index contributed by atoms with van der Waals surface area (Å²) in [5, 5.41) is 10.3. The molecule has 1 heterocycles. The Morgan fingerprint density at radius 2 is 2.14 bits per heavy atom. The predicted molar refractivity (Wildman–Crippen MR) is 86.6 cm³/mol. The molecule has 2 atom stereocenters. The van der Waals surface area contributed by atoms with Crippen LogP contribution in [0.4, 0.5) is 0 Å². The summed E-state index contributed by atoms with van der Waals surface area (Å²) in [6.07, 6.45) is 4.31. The van der Waals surface area contributed by atoms with Gasteiger partial charge in [0.05, 0.1) is 18.8 Å². The standard InChI is InChI=1S/C18H27NO3/c1-15(20)19-12-6-5-11-17(19)18(21)14-22-13-7-10-16-8-3-2-4-9-16/h2-4,8-9,17-18,21H,5-7,10-14H2,1H3. The molecule has 1 aromatic rings. The van der Waals surface area contributed by atoms with Gasteiger partial charge in [-0.2, -0.15) is 0 Å². The largest absolute Gasteiger partial charge is 0.389 e. The Labute approximate surface area is 133 Å². The summed E-state index contributed by atoms with van der Waals surface area (Å²) in [6.45, 7) is 3.28. The second-order valence-corrected chi connectivity index (χ2v) is 6.01. The average molecular weight is 305 g/mol. The van der Waals surface area contributed by atoms with Crippen LogP contribution in [0.2, 0.25) is 0 Å². The number of aryl methyl sites for hydroxylation is 1. The van der Waals surface area contributed by atoms with E-state index < -0.39 is 6.10 Å². The van der Waals surface area contributed by atoms with E-state index >= 15 is 0 Å². The Hall–Kier alpha value is -1.39. The minimum Gasteiger partial charge on any atom is -0.389 e. The van der Waals surface area contributed by atoms with E-state index in [4.69, 9.17) is 4.74 Å². The summed E-state index contributed by atoms with van der Waals surface area (Å²) in [7, 11) is 0. The number of ether oxygens (including phenoxy) is 1. The van der Waals surface area contributed by atoms with Crippen LogP contribution in [-0.4, -0.2) is 47.8 Å². The van der Waals surface area contributed by atoms with Gasteiger partial charge in [0.1, 0.15) is 0 Å². The summed E-state index contributed by atoms with van der Waals surface area (Å²) in [5.41, 5.74) is 1.31. The van der Waals surface area contributed by atoms with E-state index in [2.05, 4.69) is 12.1 Å². The van der Waals surface area contributed by atoms with E-state index in [0.717, 1.165) is 38.6 Å². The molecular weight excluding hydrogens is 278 g/mol. The molecule has 1 aliphatic heterocycles. The first kappa shape index (κ1) is 17.0. The van der Waals surface area contributed by atoms with E-state index in [1.165, 1.54) is 5.56 Å². The van der Waals surface area contributed by atoms with Gasteiger partial charge in [0, 0.05) is 20.1 Å². The maximum atomic E-state index is 11.6. The van der Waals surface area contributed by atoms with E-state index in [9.17, 15) is 9.90 Å². The van der Waals surface area contributed by atoms with Crippen LogP contribution in [0.5, 0.6) is 0 Å². The monoisotopic (exact) mass is 305 g/mol.